The van der Waals surface area contributed by atoms with Crippen molar-refractivity contribution in [1.29, 1.82) is 0 Å². The Morgan fingerprint density at radius 3 is 1.65 bits per heavy atom. The fourth-order valence-corrected chi connectivity index (χ4v) is 2.74. The molecular weight excluding hydrogens is 278 g/mol. The van der Waals surface area contributed by atoms with E-state index >= 15 is 0 Å². The summed E-state index contributed by atoms with van der Waals surface area (Å²) >= 11 is 0. The smallest absolute Gasteiger partial charge is 0.0408 e. The van der Waals surface area contributed by atoms with E-state index in [0.717, 1.165) is 12.8 Å². The molecule has 0 spiro atoms. The molecule has 0 N–H and O–H groups in total. The Kier molecular flexibility index (Phi) is 4.77. The summed E-state index contributed by atoms with van der Waals surface area (Å²) < 4.78 is 0. The highest BCUT2D eigenvalue weighted by molar-refractivity contribution is 5.62. The molecule has 0 aliphatic rings. The lowest BCUT2D eigenvalue weighted by atomic mass is 10.0. The molecule has 23 heavy (non-hydrogen) atoms. The van der Waals surface area contributed by atoms with Crippen LogP contribution >= 0.6 is 0 Å². The molecule has 0 aromatic heterocycles. The van der Waals surface area contributed by atoms with Gasteiger partial charge in [-0.2, -0.15) is 0 Å². The zero-order valence-electron chi connectivity index (χ0n) is 13.9. The van der Waals surface area contributed by atoms with E-state index < -0.39 is 0 Å². The second kappa shape index (κ2) is 7.15. The lowest BCUT2D eigenvalue weighted by Gasteiger charge is -2.20. The first-order valence-corrected chi connectivity index (χ1v) is 8.15. The van der Waals surface area contributed by atoms with Gasteiger partial charge in [0, 0.05) is 18.4 Å². The van der Waals surface area contributed by atoms with Crippen LogP contribution in [-0.2, 0) is 12.8 Å². The molecule has 0 amide bonds. The van der Waals surface area contributed by atoms with Crippen LogP contribution < -0.4 is 4.90 Å². The second-order valence-electron chi connectivity index (χ2n) is 6.05. The normalized spacial score (nSPS) is 10.5. The summed E-state index contributed by atoms with van der Waals surface area (Å²) in [6, 6.07) is 28.2. The minimum absolute atomic E-state index is 1.08. The number of benzene rings is 3. The summed E-state index contributed by atoms with van der Waals surface area (Å²) in [6.45, 7) is 2.12. The maximum absolute atomic E-state index is 2.24. The van der Waals surface area contributed by atoms with E-state index in [9.17, 15) is 0 Å². The number of rotatable bonds is 5. The first kappa shape index (κ1) is 15.4. The molecular formula is C22H23N. The summed E-state index contributed by atoms with van der Waals surface area (Å²) in [4.78, 5) is 2.22. The van der Waals surface area contributed by atoms with E-state index in [1.165, 1.54) is 28.1 Å². The fraction of sp³-hybridized carbons (Fsp3) is 0.182. The molecule has 0 radical (unpaired) electrons. The maximum atomic E-state index is 2.24. The molecule has 0 unspecified atom stereocenters. The molecule has 1 heteroatoms. The first-order valence-electron chi connectivity index (χ1n) is 8.15. The van der Waals surface area contributed by atoms with E-state index in [1.54, 1.807) is 0 Å². The third-order valence-corrected chi connectivity index (χ3v) is 4.29. The van der Waals surface area contributed by atoms with Crippen molar-refractivity contribution in [2.45, 2.75) is 19.8 Å². The highest BCUT2D eigenvalue weighted by Gasteiger charge is 2.04. The van der Waals surface area contributed by atoms with Crippen LogP contribution in [-0.4, -0.2) is 7.05 Å². The number of nitrogens with zero attached hydrogens (tertiary/aromatic N) is 1. The van der Waals surface area contributed by atoms with Gasteiger partial charge in [-0.15, -0.1) is 0 Å². The van der Waals surface area contributed by atoms with Crippen molar-refractivity contribution in [1.82, 2.24) is 0 Å². The van der Waals surface area contributed by atoms with Crippen LogP contribution in [0.5, 0.6) is 0 Å². The average Bonchev–Trinajstić information content (AvgIpc) is 2.61. The number of hydrogen-bond donors (Lipinski definition) is 0. The van der Waals surface area contributed by atoms with E-state index in [4.69, 9.17) is 0 Å². The van der Waals surface area contributed by atoms with Crippen LogP contribution in [0.2, 0.25) is 0 Å². The topological polar surface area (TPSA) is 3.24 Å². The Hall–Kier alpha value is -2.54. The van der Waals surface area contributed by atoms with Gasteiger partial charge in [0.15, 0.2) is 0 Å². The zero-order chi connectivity index (χ0) is 16.1. The van der Waals surface area contributed by atoms with Gasteiger partial charge < -0.3 is 4.90 Å². The fourth-order valence-electron chi connectivity index (χ4n) is 2.74. The number of anilines is 2. The van der Waals surface area contributed by atoms with Crippen LogP contribution in [0.25, 0.3) is 0 Å². The van der Waals surface area contributed by atoms with Crippen molar-refractivity contribution in [2.24, 2.45) is 0 Å². The molecule has 0 saturated heterocycles. The van der Waals surface area contributed by atoms with Gasteiger partial charge in [-0.3, -0.25) is 0 Å². The molecule has 3 aromatic rings. The van der Waals surface area contributed by atoms with Crippen LogP contribution in [0.3, 0.4) is 0 Å². The molecule has 0 aliphatic carbocycles. The first-order chi connectivity index (χ1) is 11.2. The Bertz CT molecular complexity index is 727. The van der Waals surface area contributed by atoms with Crippen LogP contribution in [0, 0.1) is 6.92 Å². The predicted molar refractivity (Wildman–Crippen MR) is 99.5 cm³/mol. The highest BCUT2D eigenvalue weighted by Crippen LogP contribution is 2.24. The van der Waals surface area contributed by atoms with Gasteiger partial charge in [0.05, 0.1) is 0 Å². The Balaban J connectivity index is 1.65. The van der Waals surface area contributed by atoms with Gasteiger partial charge in [-0.25, -0.2) is 0 Å². The van der Waals surface area contributed by atoms with Gasteiger partial charge in [-0.1, -0.05) is 60.2 Å². The molecule has 116 valence electrons. The molecule has 0 fully saturated rings. The predicted octanol–water partition coefficient (Wildman–Crippen LogP) is 5.55. The van der Waals surface area contributed by atoms with Crippen molar-refractivity contribution in [3.63, 3.8) is 0 Å². The SMILES string of the molecule is Cc1ccc(N(C)c2ccc(CCc3ccccc3)cc2)cc1. The van der Waals surface area contributed by atoms with Gasteiger partial charge in [0.2, 0.25) is 0 Å². The zero-order valence-corrected chi connectivity index (χ0v) is 13.9. The van der Waals surface area contributed by atoms with E-state index in [1.807, 2.05) is 0 Å². The number of hydrogen-bond acceptors (Lipinski definition) is 1. The standard InChI is InChI=1S/C22H23N/c1-18-8-14-21(15-9-18)23(2)22-16-12-20(13-17-22)11-10-19-6-4-3-5-7-19/h3-9,12-17H,10-11H2,1-2H3. The van der Waals surface area contributed by atoms with Crippen LogP contribution in [0.15, 0.2) is 78.9 Å². The van der Waals surface area contributed by atoms with Crippen LogP contribution in [0.1, 0.15) is 16.7 Å². The Labute approximate surface area is 139 Å². The summed E-state index contributed by atoms with van der Waals surface area (Å²) in [7, 11) is 2.11. The lowest BCUT2D eigenvalue weighted by Crippen LogP contribution is -2.09. The minimum atomic E-state index is 1.08. The molecule has 3 rings (SSSR count). The van der Waals surface area contributed by atoms with Gasteiger partial charge in [-0.05, 0) is 55.2 Å². The van der Waals surface area contributed by atoms with Crippen molar-refractivity contribution >= 4 is 11.4 Å². The van der Waals surface area contributed by atoms with E-state index in [2.05, 4.69) is 97.7 Å². The molecule has 0 atom stereocenters. The molecule has 0 heterocycles. The average molecular weight is 301 g/mol. The summed E-state index contributed by atoms with van der Waals surface area (Å²) in [6.07, 6.45) is 2.17. The molecule has 0 saturated carbocycles. The van der Waals surface area contributed by atoms with Gasteiger partial charge in [0.25, 0.3) is 0 Å². The summed E-state index contributed by atoms with van der Waals surface area (Å²) in [5.74, 6) is 0. The molecule has 3 aromatic carbocycles. The quantitative estimate of drug-likeness (QED) is 0.597. The van der Waals surface area contributed by atoms with Crippen molar-refractivity contribution in [3.05, 3.63) is 95.6 Å². The molecule has 0 aliphatic heterocycles. The maximum Gasteiger partial charge on any atom is 0.0408 e. The van der Waals surface area contributed by atoms with Crippen molar-refractivity contribution < 1.29 is 0 Å². The Morgan fingerprint density at radius 1 is 0.609 bits per heavy atom. The van der Waals surface area contributed by atoms with Crippen molar-refractivity contribution in [3.8, 4) is 0 Å². The third-order valence-electron chi connectivity index (χ3n) is 4.29. The lowest BCUT2D eigenvalue weighted by molar-refractivity contribution is 0.959. The molecule has 1 nitrogen and oxygen atoms in total. The second-order valence-corrected chi connectivity index (χ2v) is 6.05. The van der Waals surface area contributed by atoms with Crippen LogP contribution in [0.4, 0.5) is 11.4 Å². The van der Waals surface area contributed by atoms with Crippen molar-refractivity contribution in [2.75, 3.05) is 11.9 Å². The third kappa shape index (κ3) is 4.01. The highest BCUT2D eigenvalue weighted by atomic mass is 15.1. The van der Waals surface area contributed by atoms with E-state index in [0.29, 0.717) is 0 Å². The number of aryl methyl sites for hydroxylation is 3. The van der Waals surface area contributed by atoms with Gasteiger partial charge in [0.1, 0.15) is 0 Å². The summed E-state index contributed by atoms with van der Waals surface area (Å²) in [5, 5.41) is 0. The van der Waals surface area contributed by atoms with E-state index in [-0.39, 0.29) is 0 Å². The monoisotopic (exact) mass is 301 g/mol. The minimum Gasteiger partial charge on any atom is -0.345 e. The summed E-state index contributed by atoms with van der Waals surface area (Å²) in [5.41, 5.74) is 6.51. The Morgan fingerprint density at radius 2 is 1.09 bits per heavy atom. The molecule has 0 bridgehead atoms. The van der Waals surface area contributed by atoms with Gasteiger partial charge >= 0.3 is 0 Å². The largest absolute Gasteiger partial charge is 0.345 e.